The molecule has 1 atom stereocenters. The molecule has 5 nitrogen and oxygen atoms in total. The van der Waals surface area contributed by atoms with E-state index in [1.807, 2.05) is 50.7 Å². The van der Waals surface area contributed by atoms with Crippen LogP contribution in [0.2, 0.25) is 0 Å². The zero-order chi connectivity index (χ0) is 17.5. The molecule has 1 unspecified atom stereocenters. The fourth-order valence-corrected chi connectivity index (χ4v) is 2.90. The number of hydrogen-bond donors (Lipinski definition) is 1. The molecule has 0 aliphatic heterocycles. The van der Waals surface area contributed by atoms with Crippen molar-refractivity contribution < 1.29 is 9.53 Å². The van der Waals surface area contributed by atoms with Gasteiger partial charge in [0.2, 0.25) is 5.91 Å². The van der Waals surface area contributed by atoms with E-state index in [1.165, 1.54) is 6.08 Å². The highest BCUT2D eigenvalue weighted by atomic mass is 32.1. The van der Waals surface area contributed by atoms with Gasteiger partial charge in [-0.2, -0.15) is 0 Å². The Labute approximate surface area is 147 Å². The van der Waals surface area contributed by atoms with E-state index in [2.05, 4.69) is 15.2 Å². The highest BCUT2D eigenvalue weighted by Crippen LogP contribution is 2.22. The molecule has 0 aliphatic carbocycles. The minimum atomic E-state index is -0.129. The monoisotopic (exact) mass is 345 g/mol. The van der Waals surface area contributed by atoms with Crippen LogP contribution in [0.3, 0.4) is 0 Å². The summed E-state index contributed by atoms with van der Waals surface area (Å²) in [5, 5.41) is 5.86. The lowest BCUT2D eigenvalue weighted by Crippen LogP contribution is -2.33. The molecule has 0 aliphatic rings. The molecule has 1 N–H and O–H groups in total. The van der Waals surface area contributed by atoms with Crippen molar-refractivity contribution in [3.8, 4) is 5.75 Å². The molecule has 0 bridgehead atoms. The third kappa shape index (κ3) is 5.18. The topological polar surface area (TPSA) is 54.5 Å². The Hall–Kier alpha value is -2.18. The zero-order valence-electron chi connectivity index (χ0n) is 14.4. The predicted molar refractivity (Wildman–Crippen MR) is 98.3 cm³/mol. The van der Waals surface area contributed by atoms with Crippen molar-refractivity contribution in [1.82, 2.24) is 15.2 Å². The van der Waals surface area contributed by atoms with Gasteiger partial charge in [0.15, 0.2) is 0 Å². The average molecular weight is 345 g/mol. The van der Waals surface area contributed by atoms with E-state index in [-0.39, 0.29) is 11.9 Å². The van der Waals surface area contributed by atoms with Gasteiger partial charge in [0, 0.05) is 18.0 Å². The highest BCUT2D eigenvalue weighted by Gasteiger charge is 2.15. The maximum atomic E-state index is 12.0. The Kier molecular flexibility index (Phi) is 6.52. The van der Waals surface area contributed by atoms with Gasteiger partial charge in [-0.05, 0) is 44.8 Å². The summed E-state index contributed by atoms with van der Waals surface area (Å²) >= 11 is 1.57. The first-order valence-electron chi connectivity index (χ1n) is 7.68. The van der Waals surface area contributed by atoms with Gasteiger partial charge in [-0.15, -0.1) is 11.3 Å². The van der Waals surface area contributed by atoms with Gasteiger partial charge in [-0.3, -0.25) is 4.79 Å². The average Bonchev–Trinajstić information content (AvgIpc) is 2.98. The van der Waals surface area contributed by atoms with Crippen LogP contribution < -0.4 is 10.1 Å². The Morgan fingerprint density at radius 2 is 2.25 bits per heavy atom. The quantitative estimate of drug-likeness (QED) is 0.784. The lowest BCUT2D eigenvalue weighted by molar-refractivity contribution is -0.116. The smallest absolute Gasteiger partial charge is 0.244 e. The molecule has 128 valence electrons. The van der Waals surface area contributed by atoms with Crippen LogP contribution in [0.15, 0.2) is 35.7 Å². The van der Waals surface area contributed by atoms with Crippen LogP contribution in [-0.4, -0.2) is 43.5 Å². The first-order chi connectivity index (χ1) is 11.5. The number of thiazole rings is 1. The number of ether oxygens (including phenoxy) is 1. The Morgan fingerprint density at radius 1 is 1.46 bits per heavy atom. The van der Waals surface area contributed by atoms with Gasteiger partial charge >= 0.3 is 0 Å². The summed E-state index contributed by atoms with van der Waals surface area (Å²) < 4.78 is 5.28. The van der Waals surface area contributed by atoms with E-state index in [9.17, 15) is 4.79 Å². The standard InChI is InChI=1S/C18H23N3O2S/c1-13-20-15(12-24-13)8-9-18(22)19-11-17(21(2)3)14-6-5-7-16(10-14)23-4/h5-10,12,17H,11H2,1-4H3,(H,19,22)/b9-8+. The number of benzene rings is 1. The molecular weight excluding hydrogens is 322 g/mol. The second-order valence-electron chi connectivity index (χ2n) is 5.63. The minimum absolute atomic E-state index is 0.0685. The normalized spacial score (nSPS) is 12.5. The second kappa shape index (κ2) is 8.61. The van der Waals surface area contributed by atoms with E-state index in [0.29, 0.717) is 6.54 Å². The Morgan fingerprint density at radius 3 is 2.88 bits per heavy atom. The molecule has 0 saturated heterocycles. The molecule has 1 aromatic carbocycles. The van der Waals surface area contributed by atoms with Crippen LogP contribution in [0.1, 0.15) is 22.3 Å². The minimum Gasteiger partial charge on any atom is -0.497 e. The van der Waals surface area contributed by atoms with Crippen LogP contribution in [0.5, 0.6) is 5.75 Å². The van der Waals surface area contributed by atoms with Crippen molar-refractivity contribution in [3.63, 3.8) is 0 Å². The number of aromatic nitrogens is 1. The summed E-state index contributed by atoms with van der Waals surface area (Å²) in [5.41, 5.74) is 1.91. The molecule has 6 heteroatoms. The summed E-state index contributed by atoms with van der Waals surface area (Å²) in [7, 11) is 5.63. The van der Waals surface area contributed by atoms with Crippen molar-refractivity contribution in [1.29, 1.82) is 0 Å². The number of methoxy groups -OCH3 is 1. The predicted octanol–water partition coefficient (Wildman–Crippen LogP) is 2.89. The van der Waals surface area contributed by atoms with E-state index < -0.39 is 0 Å². The lowest BCUT2D eigenvalue weighted by Gasteiger charge is -2.25. The summed E-state index contributed by atoms with van der Waals surface area (Å²) in [4.78, 5) is 18.4. The number of nitrogens with zero attached hydrogens (tertiary/aromatic N) is 2. The maximum absolute atomic E-state index is 12.0. The molecule has 1 amide bonds. The van der Waals surface area contributed by atoms with E-state index in [4.69, 9.17) is 4.74 Å². The summed E-state index contributed by atoms with van der Waals surface area (Å²) in [5.74, 6) is 0.680. The fraction of sp³-hybridized carbons (Fsp3) is 0.333. The molecule has 0 saturated carbocycles. The maximum Gasteiger partial charge on any atom is 0.244 e. The molecule has 2 rings (SSSR count). The largest absolute Gasteiger partial charge is 0.497 e. The number of carbonyl (C=O) groups excluding carboxylic acids is 1. The third-order valence-electron chi connectivity index (χ3n) is 3.61. The highest BCUT2D eigenvalue weighted by molar-refractivity contribution is 7.09. The van der Waals surface area contributed by atoms with Crippen molar-refractivity contribution in [2.45, 2.75) is 13.0 Å². The lowest BCUT2D eigenvalue weighted by atomic mass is 10.1. The summed E-state index contributed by atoms with van der Waals surface area (Å²) in [6, 6.07) is 7.96. The van der Waals surface area contributed by atoms with Gasteiger partial charge in [0.05, 0.1) is 23.9 Å². The fourth-order valence-electron chi connectivity index (χ4n) is 2.32. The van der Waals surface area contributed by atoms with Crippen molar-refractivity contribution in [3.05, 3.63) is 52.0 Å². The van der Waals surface area contributed by atoms with E-state index >= 15 is 0 Å². The van der Waals surface area contributed by atoms with Gasteiger partial charge in [0.1, 0.15) is 5.75 Å². The summed E-state index contributed by atoms with van der Waals surface area (Å²) in [6.07, 6.45) is 3.25. The number of amides is 1. The SMILES string of the molecule is COc1cccc(C(CNC(=O)/C=C/c2csc(C)n2)N(C)C)c1. The molecule has 24 heavy (non-hydrogen) atoms. The molecule has 2 aromatic rings. The van der Waals surface area contributed by atoms with Gasteiger partial charge in [0.25, 0.3) is 0 Å². The van der Waals surface area contributed by atoms with Crippen LogP contribution >= 0.6 is 11.3 Å². The number of likely N-dealkylation sites (N-methyl/N-ethyl adjacent to an activating group) is 1. The van der Waals surface area contributed by atoms with E-state index in [1.54, 1.807) is 24.5 Å². The Balaban J connectivity index is 1.98. The molecule has 0 spiro atoms. The Bertz CT molecular complexity index is 710. The van der Waals surface area contributed by atoms with Gasteiger partial charge < -0.3 is 15.0 Å². The van der Waals surface area contributed by atoms with Crippen LogP contribution in [0.4, 0.5) is 0 Å². The molecular formula is C18H23N3O2S. The summed E-state index contributed by atoms with van der Waals surface area (Å²) in [6.45, 7) is 2.46. The number of aryl methyl sites for hydroxylation is 1. The number of hydrogen-bond acceptors (Lipinski definition) is 5. The first kappa shape index (κ1) is 18.2. The molecule has 1 aromatic heterocycles. The van der Waals surface area contributed by atoms with Gasteiger partial charge in [-0.1, -0.05) is 12.1 Å². The number of nitrogens with one attached hydrogen (secondary N) is 1. The third-order valence-corrected chi connectivity index (χ3v) is 4.41. The number of carbonyl (C=O) groups is 1. The number of rotatable bonds is 7. The molecule has 1 heterocycles. The second-order valence-corrected chi connectivity index (χ2v) is 6.69. The van der Waals surface area contributed by atoms with Crippen molar-refractivity contribution >= 4 is 23.3 Å². The van der Waals surface area contributed by atoms with Crippen molar-refractivity contribution in [2.24, 2.45) is 0 Å². The van der Waals surface area contributed by atoms with Crippen molar-refractivity contribution in [2.75, 3.05) is 27.7 Å². The first-order valence-corrected chi connectivity index (χ1v) is 8.56. The van der Waals surface area contributed by atoms with Crippen LogP contribution in [-0.2, 0) is 4.79 Å². The molecule has 0 radical (unpaired) electrons. The molecule has 0 fully saturated rings. The van der Waals surface area contributed by atoms with Crippen LogP contribution in [0, 0.1) is 6.92 Å². The zero-order valence-corrected chi connectivity index (χ0v) is 15.3. The van der Waals surface area contributed by atoms with E-state index in [0.717, 1.165) is 22.0 Å². The van der Waals surface area contributed by atoms with Crippen LogP contribution in [0.25, 0.3) is 6.08 Å². The van der Waals surface area contributed by atoms with Gasteiger partial charge in [-0.25, -0.2) is 4.98 Å².